The summed E-state index contributed by atoms with van der Waals surface area (Å²) in [6.45, 7) is 5.19. The van der Waals surface area contributed by atoms with Crippen molar-refractivity contribution in [3.05, 3.63) is 60.2 Å². The first-order chi connectivity index (χ1) is 8.31. The number of hydrazine groups is 1. The van der Waals surface area contributed by atoms with E-state index in [1.165, 1.54) is 11.3 Å². The van der Waals surface area contributed by atoms with Crippen LogP contribution in [-0.2, 0) is 0 Å². The van der Waals surface area contributed by atoms with Crippen LogP contribution in [0.1, 0.15) is 12.5 Å². The number of hydrogen-bond acceptors (Lipinski definition) is 2. The van der Waals surface area contributed by atoms with Crippen molar-refractivity contribution in [2.24, 2.45) is 0 Å². The highest BCUT2D eigenvalue weighted by Gasteiger charge is 2.05. The van der Waals surface area contributed by atoms with Crippen LogP contribution in [-0.4, -0.2) is 6.54 Å². The first-order valence-corrected chi connectivity index (χ1v) is 5.96. The Morgan fingerprint density at radius 3 is 2.24 bits per heavy atom. The number of para-hydroxylation sites is 2. The van der Waals surface area contributed by atoms with Crippen molar-refractivity contribution in [3.8, 4) is 0 Å². The topological polar surface area (TPSA) is 15.3 Å². The monoisotopic (exact) mass is 226 g/mol. The minimum absolute atomic E-state index is 0.916. The van der Waals surface area contributed by atoms with Gasteiger partial charge in [-0.2, -0.15) is 0 Å². The van der Waals surface area contributed by atoms with Crippen LogP contribution < -0.4 is 10.4 Å². The molecule has 0 atom stereocenters. The predicted molar refractivity (Wildman–Crippen MR) is 74.3 cm³/mol. The molecule has 2 nitrogen and oxygen atoms in total. The second-order valence-corrected chi connectivity index (χ2v) is 4.01. The van der Waals surface area contributed by atoms with Crippen molar-refractivity contribution in [2.75, 3.05) is 17.0 Å². The lowest BCUT2D eigenvalue weighted by Crippen LogP contribution is -2.29. The molecule has 88 valence electrons. The number of rotatable bonds is 4. The van der Waals surface area contributed by atoms with Gasteiger partial charge in [0.2, 0.25) is 0 Å². The van der Waals surface area contributed by atoms with Gasteiger partial charge in [-0.15, -0.1) is 0 Å². The molecule has 0 aliphatic heterocycles. The van der Waals surface area contributed by atoms with Crippen molar-refractivity contribution in [1.29, 1.82) is 0 Å². The second-order valence-electron chi connectivity index (χ2n) is 4.01. The Hall–Kier alpha value is -1.96. The number of benzene rings is 2. The average Bonchev–Trinajstić information content (AvgIpc) is 2.38. The molecule has 1 N–H and O–H groups in total. The number of hydrogen-bond donors (Lipinski definition) is 1. The Labute approximate surface area is 103 Å². The van der Waals surface area contributed by atoms with Crippen LogP contribution in [0.4, 0.5) is 11.4 Å². The fourth-order valence-corrected chi connectivity index (χ4v) is 1.84. The first-order valence-electron chi connectivity index (χ1n) is 5.96. The smallest absolute Gasteiger partial charge is 0.0600 e. The SMILES string of the molecule is CCN(Nc1ccccc1)c1ccccc1C. The predicted octanol–water partition coefficient (Wildman–Crippen LogP) is 3.85. The molecule has 2 aromatic rings. The molecule has 0 fully saturated rings. The summed E-state index contributed by atoms with van der Waals surface area (Å²) in [6, 6.07) is 18.6. The van der Waals surface area contributed by atoms with Crippen LogP contribution in [0.15, 0.2) is 54.6 Å². The highest BCUT2D eigenvalue weighted by molar-refractivity contribution is 5.58. The van der Waals surface area contributed by atoms with Gasteiger partial charge in [-0.3, -0.25) is 10.4 Å². The van der Waals surface area contributed by atoms with E-state index < -0.39 is 0 Å². The van der Waals surface area contributed by atoms with Crippen molar-refractivity contribution >= 4 is 11.4 Å². The van der Waals surface area contributed by atoms with E-state index >= 15 is 0 Å². The average molecular weight is 226 g/mol. The summed E-state index contributed by atoms with van der Waals surface area (Å²) in [5.74, 6) is 0. The van der Waals surface area contributed by atoms with Gasteiger partial charge in [0, 0.05) is 6.54 Å². The molecule has 0 amide bonds. The zero-order valence-corrected chi connectivity index (χ0v) is 10.4. The Kier molecular flexibility index (Phi) is 3.66. The summed E-state index contributed by atoms with van der Waals surface area (Å²) in [7, 11) is 0. The third kappa shape index (κ3) is 2.78. The summed E-state index contributed by atoms with van der Waals surface area (Å²) in [4.78, 5) is 0. The molecule has 0 aromatic heterocycles. The van der Waals surface area contributed by atoms with Crippen LogP contribution in [0.5, 0.6) is 0 Å². The van der Waals surface area contributed by atoms with E-state index in [1.807, 2.05) is 18.2 Å². The van der Waals surface area contributed by atoms with Gasteiger partial charge in [-0.05, 0) is 37.6 Å². The van der Waals surface area contributed by atoms with Crippen LogP contribution in [0.2, 0.25) is 0 Å². The molecule has 2 aromatic carbocycles. The highest BCUT2D eigenvalue weighted by Crippen LogP contribution is 2.20. The molecule has 0 heterocycles. The maximum Gasteiger partial charge on any atom is 0.0600 e. The van der Waals surface area contributed by atoms with Gasteiger partial charge in [0.15, 0.2) is 0 Å². The lowest BCUT2D eigenvalue weighted by Gasteiger charge is -2.26. The van der Waals surface area contributed by atoms with Crippen LogP contribution in [0.3, 0.4) is 0 Å². The van der Waals surface area contributed by atoms with Crippen molar-refractivity contribution in [1.82, 2.24) is 0 Å². The summed E-state index contributed by atoms with van der Waals surface area (Å²) in [5, 5.41) is 2.16. The maximum absolute atomic E-state index is 3.42. The Morgan fingerprint density at radius 2 is 1.59 bits per heavy atom. The van der Waals surface area contributed by atoms with Crippen LogP contribution in [0.25, 0.3) is 0 Å². The number of nitrogens with one attached hydrogen (secondary N) is 1. The van der Waals surface area contributed by atoms with E-state index in [2.05, 4.69) is 60.7 Å². The number of nitrogens with zero attached hydrogens (tertiary/aromatic N) is 1. The normalized spacial score (nSPS) is 10.0. The molecule has 0 unspecified atom stereocenters. The van der Waals surface area contributed by atoms with Crippen molar-refractivity contribution in [3.63, 3.8) is 0 Å². The van der Waals surface area contributed by atoms with E-state index in [1.54, 1.807) is 0 Å². The van der Waals surface area contributed by atoms with Gasteiger partial charge in [-0.1, -0.05) is 36.4 Å². The standard InChI is InChI=1S/C15H18N2/c1-3-17(15-12-8-7-9-13(15)2)16-14-10-5-4-6-11-14/h4-12,16H,3H2,1-2H3. The summed E-state index contributed by atoms with van der Waals surface area (Å²) in [5.41, 5.74) is 7.02. The molecule has 0 aliphatic rings. The second kappa shape index (κ2) is 5.39. The molecular formula is C15H18N2. The fourth-order valence-electron chi connectivity index (χ4n) is 1.84. The lowest BCUT2D eigenvalue weighted by atomic mass is 10.2. The molecule has 17 heavy (non-hydrogen) atoms. The summed E-state index contributed by atoms with van der Waals surface area (Å²) in [6.07, 6.45) is 0. The summed E-state index contributed by atoms with van der Waals surface area (Å²) >= 11 is 0. The first kappa shape index (κ1) is 11.5. The van der Waals surface area contributed by atoms with Gasteiger partial charge in [0.25, 0.3) is 0 Å². The van der Waals surface area contributed by atoms with Gasteiger partial charge >= 0.3 is 0 Å². The van der Waals surface area contributed by atoms with Gasteiger partial charge in [0.1, 0.15) is 0 Å². The van der Waals surface area contributed by atoms with E-state index in [0.29, 0.717) is 0 Å². The number of aryl methyl sites for hydroxylation is 1. The van der Waals surface area contributed by atoms with Crippen molar-refractivity contribution in [2.45, 2.75) is 13.8 Å². The van der Waals surface area contributed by atoms with Crippen LogP contribution >= 0.6 is 0 Å². The molecule has 2 rings (SSSR count). The third-order valence-electron chi connectivity index (χ3n) is 2.76. The Morgan fingerprint density at radius 1 is 0.941 bits per heavy atom. The maximum atomic E-state index is 3.42. The minimum atomic E-state index is 0.916. The molecule has 0 saturated carbocycles. The molecule has 0 saturated heterocycles. The fraction of sp³-hybridized carbons (Fsp3) is 0.200. The summed E-state index contributed by atoms with van der Waals surface area (Å²) < 4.78 is 0. The molecule has 0 spiro atoms. The van der Waals surface area contributed by atoms with E-state index in [9.17, 15) is 0 Å². The van der Waals surface area contributed by atoms with Gasteiger partial charge in [-0.25, -0.2) is 0 Å². The molecular weight excluding hydrogens is 208 g/mol. The molecule has 0 bridgehead atoms. The Balaban J connectivity index is 2.21. The quantitative estimate of drug-likeness (QED) is 0.797. The Bertz CT molecular complexity index is 465. The molecule has 0 aliphatic carbocycles. The number of anilines is 2. The zero-order valence-electron chi connectivity index (χ0n) is 10.4. The largest absolute Gasteiger partial charge is 0.298 e. The lowest BCUT2D eigenvalue weighted by molar-refractivity contribution is 0.942. The third-order valence-corrected chi connectivity index (χ3v) is 2.76. The minimum Gasteiger partial charge on any atom is -0.298 e. The van der Waals surface area contributed by atoms with Crippen LogP contribution in [0, 0.1) is 6.92 Å². The van der Waals surface area contributed by atoms with Gasteiger partial charge < -0.3 is 0 Å². The van der Waals surface area contributed by atoms with E-state index in [0.717, 1.165) is 12.2 Å². The highest BCUT2D eigenvalue weighted by atomic mass is 15.5. The van der Waals surface area contributed by atoms with E-state index in [4.69, 9.17) is 0 Å². The zero-order chi connectivity index (χ0) is 12.1. The van der Waals surface area contributed by atoms with Crippen molar-refractivity contribution < 1.29 is 0 Å². The molecule has 2 heteroatoms. The van der Waals surface area contributed by atoms with E-state index in [-0.39, 0.29) is 0 Å². The van der Waals surface area contributed by atoms with Gasteiger partial charge in [0.05, 0.1) is 11.4 Å². The molecule has 0 radical (unpaired) electrons.